The van der Waals surface area contributed by atoms with Crippen molar-refractivity contribution in [3.63, 3.8) is 0 Å². The molecule has 2 aliphatic heterocycles. The average molecular weight is 401 g/mol. The fraction of sp³-hybridized carbons (Fsp3) is 0.167. The van der Waals surface area contributed by atoms with Gasteiger partial charge in [-0.15, -0.1) is 4.40 Å². The quantitative estimate of drug-likeness (QED) is 0.795. The Kier molecular flexibility index (Phi) is 4.27. The Hall–Kier alpha value is -2.65. The summed E-state index contributed by atoms with van der Waals surface area (Å²) < 4.78 is 27.2. The summed E-state index contributed by atoms with van der Waals surface area (Å²) in [5.41, 5.74) is 2.35. The van der Waals surface area contributed by atoms with Gasteiger partial charge in [0.25, 0.3) is 15.9 Å². The number of carbonyl (C=O) groups is 2. The van der Waals surface area contributed by atoms with Gasteiger partial charge in [-0.1, -0.05) is 12.1 Å². The van der Waals surface area contributed by atoms with Crippen molar-refractivity contribution < 1.29 is 18.0 Å². The highest BCUT2D eigenvalue weighted by Crippen LogP contribution is 2.42. The lowest BCUT2D eigenvalue weighted by molar-refractivity contribution is 0.101. The summed E-state index contributed by atoms with van der Waals surface area (Å²) in [5.74, 6) is -0.406. The van der Waals surface area contributed by atoms with Crippen molar-refractivity contribution >= 4 is 50.0 Å². The number of hydrogen-bond donors (Lipinski definition) is 1. The average Bonchev–Trinajstić information content (AvgIpc) is 2.96. The predicted octanol–water partition coefficient (Wildman–Crippen LogP) is 2.75. The van der Waals surface area contributed by atoms with E-state index < -0.39 is 10.0 Å². The fourth-order valence-corrected chi connectivity index (χ4v) is 5.19. The second kappa shape index (κ2) is 6.50. The molecule has 2 aromatic rings. The molecule has 2 aromatic carbocycles. The predicted molar refractivity (Wildman–Crippen MR) is 105 cm³/mol. The number of sulfonamides is 1. The second-order valence-electron chi connectivity index (χ2n) is 6.19. The first kappa shape index (κ1) is 17.7. The number of nitrogens with zero attached hydrogens (tertiary/aromatic N) is 2. The number of anilines is 2. The second-order valence-corrected chi connectivity index (χ2v) is 8.95. The lowest BCUT2D eigenvalue weighted by atomic mass is 10.1. The zero-order valence-corrected chi connectivity index (χ0v) is 15.9. The number of fused-ring (bicyclic) bond motifs is 3. The van der Waals surface area contributed by atoms with Gasteiger partial charge in [-0.2, -0.15) is 0 Å². The number of Topliss-reactive ketones (excluding diaryl/α,β-unsaturated/α-hetero) is 1. The van der Waals surface area contributed by atoms with Crippen molar-refractivity contribution in [2.24, 2.45) is 4.40 Å². The van der Waals surface area contributed by atoms with Crippen LogP contribution in [0, 0.1) is 0 Å². The molecule has 138 valence electrons. The third-order valence-corrected chi connectivity index (χ3v) is 6.57. The largest absolute Gasteiger partial charge is 0.322 e. The highest BCUT2D eigenvalue weighted by Gasteiger charge is 2.33. The van der Waals surface area contributed by atoms with Crippen molar-refractivity contribution in [1.29, 1.82) is 0 Å². The Balaban J connectivity index is 1.58. The number of benzene rings is 2. The van der Waals surface area contributed by atoms with E-state index in [9.17, 15) is 18.0 Å². The maximum absolute atomic E-state index is 12.6. The molecule has 0 bridgehead atoms. The van der Waals surface area contributed by atoms with Crippen LogP contribution in [0.2, 0.25) is 0 Å². The van der Waals surface area contributed by atoms with E-state index in [1.54, 1.807) is 42.5 Å². The standard InChI is InChI=1S/C18H15N3O4S2/c1-11(22)12-3-2-4-14(9-12)19-17(23)13-5-6-15-16(10-13)26-18-20-27(24,25)8-7-21(15)18/h2-6,9-10H,7-8H2,1H3,(H,19,23). The zero-order chi connectivity index (χ0) is 19.2. The summed E-state index contributed by atoms with van der Waals surface area (Å²) in [6.45, 7) is 1.82. The van der Waals surface area contributed by atoms with Gasteiger partial charge in [-0.25, -0.2) is 8.42 Å². The van der Waals surface area contributed by atoms with Crippen LogP contribution in [0.5, 0.6) is 0 Å². The molecule has 0 atom stereocenters. The molecule has 0 aliphatic carbocycles. The number of ketones is 1. The van der Waals surface area contributed by atoms with E-state index in [1.165, 1.54) is 18.7 Å². The number of amides is 1. The molecule has 0 aromatic heterocycles. The number of amidine groups is 1. The summed E-state index contributed by atoms with van der Waals surface area (Å²) in [7, 11) is -3.41. The smallest absolute Gasteiger partial charge is 0.257 e. The van der Waals surface area contributed by atoms with E-state index in [1.807, 2.05) is 4.90 Å². The van der Waals surface area contributed by atoms with Crippen molar-refractivity contribution in [3.05, 3.63) is 53.6 Å². The maximum atomic E-state index is 12.6. The highest BCUT2D eigenvalue weighted by molar-refractivity contribution is 8.15. The number of carbonyl (C=O) groups excluding carboxylic acids is 2. The Morgan fingerprint density at radius 1 is 1.15 bits per heavy atom. The van der Waals surface area contributed by atoms with Crippen molar-refractivity contribution in [2.45, 2.75) is 11.8 Å². The van der Waals surface area contributed by atoms with Gasteiger partial charge >= 0.3 is 0 Å². The lowest BCUT2D eigenvalue weighted by Crippen LogP contribution is -2.35. The summed E-state index contributed by atoms with van der Waals surface area (Å²) in [5, 5.41) is 3.20. The molecule has 7 nitrogen and oxygen atoms in total. The summed E-state index contributed by atoms with van der Waals surface area (Å²) in [4.78, 5) is 26.7. The van der Waals surface area contributed by atoms with E-state index in [0.717, 1.165) is 10.6 Å². The zero-order valence-electron chi connectivity index (χ0n) is 14.3. The first-order valence-corrected chi connectivity index (χ1v) is 10.6. The van der Waals surface area contributed by atoms with Gasteiger partial charge in [0.15, 0.2) is 11.0 Å². The van der Waals surface area contributed by atoms with Crippen LogP contribution < -0.4 is 10.2 Å². The van der Waals surface area contributed by atoms with Gasteiger partial charge in [0.05, 0.1) is 11.4 Å². The van der Waals surface area contributed by atoms with Gasteiger partial charge in [0.1, 0.15) is 0 Å². The van der Waals surface area contributed by atoms with Crippen molar-refractivity contribution in [3.8, 4) is 0 Å². The molecule has 0 saturated heterocycles. The van der Waals surface area contributed by atoms with Crippen LogP contribution in [0.15, 0.2) is 51.8 Å². The molecule has 1 N–H and O–H groups in total. The molecule has 2 heterocycles. The van der Waals surface area contributed by atoms with Gasteiger partial charge < -0.3 is 10.2 Å². The van der Waals surface area contributed by atoms with E-state index in [4.69, 9.17) is 0 Å². The minimum atomic E-state index is -3.41. The summed E-state index contributed by atoms with van der Waals surface area (Å²) >= 11 is 1.24. The van der Waals surface area contributed by atoms with Gasteiger partial charge in [0, 0.05) is 28.3 Å². The Labute approximate surface area is 160 Å². The highest BCUT2D eigenvalue weighted by atomic mass is 32.2. The summed E-state index contributed by atoms with van der Waals surface area (Å²) in [6.07, 6.45) is 0. The molecule has 9 heteroatoms. The van der Waals surface area contributed by atoms with E-state index in [0.29, 0.717) is 28.5 Å². The SMILES string of the molecule is CC(=O)c1cccc(NC(=O)c2ccc3c(c2)SC2=NS(=O)(=O)CCN23)c1. The molecule has 0 fully saturated rings. The van der Waals surface area contributed by atoms with Crippen LogP contribution in [0.1, 0.15) is 27.6 Å². The van der Waals surface area contributed by atoms with Crippen molar-refractivity contribution in [2.75, 3.05) is 22.5 Å². The lowest BCUT2D eigenvalue weighted by Gasteiger charge is -2.22. The first-order chi connectivity index (χ1) is 12.8. The minimum Gasteiger partial charge on any atom is -0.322 e. The Bertz CT molecular complexity index is 1110. The Morgan fingerprint density at radius 3 is 2.74 bits per heavy atom. The minimum absolute atomic E-state index is 0.0226. The first-order valence-electron chi connectivity index (χ1n) is 8.17. The topological polar surface area (TPSA) is 95.9 Å². The van der Waals surface area contributed by atoms with E-state index >= 15 is 0 Å². The molecule has 4 rings (SSSR count). The monoisotopic (exact) mass is 401 g/mol. The van der Waals surface area contributed by atoms with Crippen LogP contribution >= 0.6 is 11.8 Å². The molecule has 0 unspecified atom stereocenters. The number of hydrogen-bond acceptors (Lipinski definition) is 6. The summed E-state index contributed by atoms with van der Waals surface area (Å²) in [6, 6.07) is 11.9. The van der Waals surface area contributed by atoms with E-state index in [-0.39, 0.29) is 17.4 Å². The molecule has 27 heavy (non-hydrogen) atoms. The van der Waals surface area contributed by atoms with Gasteiger partial charge in [0.2, 0.25) is 0 Å². The molecular weight excluding hydrogens is 386 g/mol. The molecule has 0 radical (unpaired) electrons. The third-order valence-electron chi connectivity index (χ3n) is 4.26. The van der Waals surface area contributed by atoms with Crippen molar-refractivity contribution in [1.82, 2.24) is 0 Å². The normalized spacial score (nSPS) is 16.9. The molecule has 0 spiro atoms. The maximum Gasteiger partial charge on any atom is 0.257 e. The molecule has 2 aliphatic rings. The van der Waals surface area contributed by atoms with Crippen LogP contribution in [-0.4, -0.2) is 37.6 Å². The number of thioether (sulfide) groups is 1. The van der Waals surface area contributed by atoms with E-state index in [2.05, 4.69) is 9.71 Å². The van der Waals surface area contributed by atoms with Crippen LogP contribution in [-0.2, 0) is 10.0 Å². The van der Waals surface area contributed by atoms with Gasteiger partial charge in [-0.3, -0.25) is 9.59 Å². The third kappa shape index (κ3) is 3.47. The van der Waals surface area contributed by atoms with Gasteiger partial charge in [-0.05, 0) is 49.0 Å². The van der Waals surface area contributed by atoms with Crippen LogP contribution in [0.25, 0.3) is 0 Å². The molecule has 0 saturated carbocycles. The number of rotatable bonds is 3. The Morgan fingerprint density at radius 2 is 1.96 bits per heavy atom. The fourth-order valence-electron chi connectivity index (χ4n) is 2.89. The van der Waals surface area contributed by atoms with Crippen LogP contribution in [0.3, 0.4) is 0 Å². The number of nitrogens with one attached hydrogen (secondary N) is 1. The molecular formula is C18H15N3O4S2. The van der Waals surface area contributed by atoms with Crippen LogP contribution in [0.4, 0.5) is 11.4 Å². The molecule has 1 amide bonds.